The zero-order valence-corrected chi connectivity index (χ0v) is 31.5. The number of benzene rings is 5. The van der Waals surface area contributed by atoms with Crippen LogP contribution in [0.25, 0.3) is 50.5 Å². The number of para-hydroxylation sites is 1. The Morgan fingerprint density at radius 1 is 0.596 bits per heavy atom. The first-order valence-corrected chi connectivity index (χ1v) is 16.3. The van der Waals surface area contributed by atoms with Gasteiger partial charge in [0.15, 0.2) is 0 Å². The van der Waals surface area contributed by atoms with E-state index >= 15 is 0 Å². The van der Waals surface area contributed by atoms with Crippen LogP contribution in [-0.2, 0) is 30.9 Å². The standard InChI is InChI=1S/C44H45N2.Ir/c1-29-12-10-13-30(2)41(29)46-25-24-45-42(46)35-15-11-14-34(26-35)40-28-36(32-16-20-37(21-17-32)43(4,5)6)27-39(31(40)3)33-18-22-38(23-19-33)44(7,8)9;/h10-14,16-28H,1-9H3;/q-1;. The van der Waals surface area contributed by atoms with Gasteiger partial charge in [0.25, 0.3) is 0 Å². The Bertz CT molecular complexity index is 1990. The van der Waals surface area contributed by atoms with Gasteiger partial charge in [0.05, 0.1) is 5.82 Å². The van der Waals surface area contributed by atoms with E-state index in [1.807, 2.05) is 12.3 Å². The van der Waals surface area contributed by atoms with Gasteiger partial charge in [-0.25, -0.2) is 0 Å². The van der Waals surface area contributed by atoms with Crippen molar-refractivity contribution in [3.63, 3.8) is 0 Å². The number of imidazole rings is 1. The maximum atomic E-state index is 4.82. The fourth-order valence-electron chi connectivity index (χ4n) is 6.43. The second kappa shape index (κ2) is 13.2. The van der Waals surface area contributed by atoms with Gasteiger partial charge in [0.1, 0.15) is 0 Å². The normalized spacial score (nSPS) is 11.8. The molecule has 0 atom stereocenters. The van der Waals surface area contributed by atoms with E-state index in [9.17, 15) is 0 Å². The fourth-order valence-corrected chi connectivity index (χ4v) is 6.43. The average molecular weight is 794 g/mol. The van der Waals surface area contributed by atoms with Gasteiger partial charge < -0.3 is 4.57 Å². The van der Waals surface area contributed by atoms with Crippen molar-refractivity contribution < 1.29 is 20.1 Å². The number of aromatic nitrogens is 2. The summed E-state index contributed by atoms with van der Waals surface area (Å²) in [5, 5.41) is 0. The Morgan fingerprint density at radius 3 is 1.68 bits per heavy atom. The molecule has 0 saturated heterocycles. The first-order valence-electron chi connectivity index (χ1n) is 16.3. The first-order chi connectivity index (χ1) is 21.8. The molecule has 3 heteroatoms. The van der Waals surface area contributed by atoms with Crippen LogP contribution in [0, 0.1) is 26.8 Å². The summed E-state index contributed by atoms with van der Waals surface area (Å²) in [6, 6.07) is 39.3. The Hall–Kier alpha value is -4.04. The molecule has 241 valence electrons. The maximum absolute atomic E-state index is 4.82. The van der Waals surface area contributed by atoms with E-state index in [1.54, 1.807) is 0 Å². The minimum Gasteiger partial charge on any atom is -0.340 e. The molecule has 47 heavy (non-hydrogen) atoms. The molecule has 5 aromatic carbocycles. The molecule has 0 aliphatic rings. The summed E-state index contributed by atoms with van der Waals surface area (Å²) >= 11 is 0. The van der Waals surface area contributed by atoms with Gasteiger partial charge in [-0.3, -0.25) is 4.98 Å². The van der Waals surface area contributed by atoms with Crippen molar-refractivity contribution >= 4 is 0 Å². The molecule has 0 unspecified atom stereocenters. The number of nitrogens with zero attached hydrogens (tertiary/aromatic N) is 2. The third-order valence-electron chi connectivity index (χ3n) is 9.23. The topological polar surface area (TPSA) is 17.8 Å². The molecule has 6 rings (SSSR count). The van der Waals surface area contributed by atoms with E-state index in [0.29, 0.717) is 0 Å². The average Bonchev–Trinajstić information content (AvgIpc) is 3.50. The van der Waals surface area contributed by atoms with Crippen LogP contribution in [0.5, 0.6) is 0 Å². The number of hydrogen-bond donors (Lipinski definition) is 0. The number of rotatable bonds is 5. The summed E-state index contributed by atoms with van der Waals surface area (Å²) in [5.41, 5.74) is 16.0. The van der Waals surface area contributed by atoms with Crippen molar-refractivity contribution in [1.29, 1.82) is 0 Å². The van der Waals surface area contributed by atoms with Gasteiger partial charge in [-0.1, -0.05) is 108 Å². The molecule has 0 spiro atoms. The molecule has 0 fully saturated rings. The van der Waals surface area contributed by atoms with Crippen LogP contribution in [0.15, 0.2) is 109 Å². The smallest absolute Gasteiger partial charge is 0.0603 e. The third kappa shape index (κ3) is 6.98. The van der Waals surface area contributed by atoms with Crippen LogP contribution in [0.4, 0.5) is 0 Å². The van der Waals surface area contributed by atoms with Crippen molar-refractivity contribution in [1.82, 2.24) is 9.55 Å². The molecule has 1 heterocycles. The maximum Gasteiger partial charge on any atom is 0.0603 e. The van der Waals surface area contributed by atoms with Crippen molar-refractivity contribution in [2.24, 2.45) is 0 Å². The third-order valence-corrected chi connectivity index (χ3v) is 9.23. The van der Waals surface area contributed by atoms with Crippen molar-refractivity contribution in [3.05, 3.63) is 143 Å². The molecule has 6 aromatic rings. The summed E-state index contributed by atoms with van der Waals surface area (Å²) < 4.78 is 2.20. The first kappa shape index (κ1) is 34.3. The Morgan fingerprint density at radius 2 is 1.13 bits per heavy atom. The van der Waals surface area contributed by atoms with Gasteiger partial charge in [-0.2, -0.15) is 0 Å². The van der Waals surface area contributed by atoms with Gasteiger partial charge in [0, 0.05) is 38.2 Å². The zero-order chi connectivity index (χ0) is 32.8. The molecular formula is C44H45IrN2-. The molecule has 2 nitrogen and oxygen atoms in total. The summed E-state index contributed by atoms with van der Waals surface area (Å²) in [5.74, 6) is 0.892. The van der Waals surface area contributed by atoms with Gasteiger partial charge >= 0.3 is 0 Å². The van der Waals surface area contributed by atoms with Crippen molar-refractivity contribution in [3.8, 4) is 50.5 Å². The molecule has 1 radical (unpaired) electrons. The van der Waals surface area contributed by atoms with Crippen LogP contribution in [0.1, 0.15) is 69.4 Å². The van der Waals surface area contributed by atoms with Crippen LogP contribution in [0.2, 0.25) is 0 Å². The molecule has 1 aromatic heterocycles. The number of aryl methyl sites for hydroxylation is 2. The minimum absolute atomic E-state index is 0. The molecule has 0 amide bonds. The van der Waals surface area contributed by atoms with Gasteiger partial charge in [0.2, 0.25) is 0 Å². The second-order valence-corrected chi connectivity index (χ2v) is 14.7. The molecule has 0 aliphatic heterocycles. The largest absolute Gasteiger partial charge is 0.340 e. The van der Waals surface area contributed by atoms with Gasteiger partial charge in [-0.05, 0) is 99.4 Å². The molecule has 0 bridgehead atoms. The molecule has 0 N–H and O–H groups in total. The summed E-state index contributed by atoms with van der Waals surface area (Å²) in [7, 11) is 0. The predicted molar refractivity (Wildman–Crippen MR) is 196 cm³/mol. The van der Waals surface area contributed by atoms with E-state index in [0.717, 1.165) is 17.0 Å². The van der Waals surface area contributed by atoms with E-state index in [-0.39, 0.29) is 30.9 Å². The second-order valence-electron chi connectivity index (χ2n) is 14.7. The van der Waals surface area contributed by atoms with Crippen LogP contribution in [0.3, 0.4) is 0 Å². The Kier molecular flexibility index (Phi) is 9.65. The quantitative estimate of drug-likeness (QED) is 0.159. The van der Waals surface area contributed by atoms with E-state index < -0.39 is 0 Å². The number of hydrogen-bond acceptors (Lipinski definition) is 1. The summed E-state index contributed by atoms with van der Waals surface area (Å²) in [6.07, 6.45) is 3.94. The summed E-state index contributed by atoms with van der Waals surface area (Å²) in [4.78, 5) is 4.82. The monoisotopic (exact) mass is 794 g/mol. The van der Waals surface area contributed by atoms with Crippen molar-refractivity contribution in [2.75, 3.05) is 0 Å². The van der Waals surface area contributed by atoms with Crippen LogP contribution < -0.4 is 0 Å². The zero-order valence-electron chi connectivity index (χ0n) is 29.1. The SMILES string of the molecule is Cc1cccc(C)c1-n1ccnc1-c1[c-]ccc(-c2cc(-c3ccc(C(C)(C)C)cc3)cc(-c3ccc(C(C)(C)C)cc3)c2C)c1.[Ir]. The Labute approximate surface area is 295 Å². The van der Waals surface area contributed by atoms with E-state index in [4.69, 9.17) is 4.98 Å². The van der Waals surface area contributed by atoms with E-state index in [1.165, 1.54) is 61.3 Å². The molecule has 0 saturated carbocycles. The Balaban J connectivity index is 0.00000433. The van der Waals surface area contributed by atoms with Crippen molar-refractivity contribution in [2.45, 2.75) is 73.1 Å². The fraction of sp³-hybridized carbons (Fsp3) is 0.250. The molecule has 0 aliphatic carbocycles. The summed E-state index contributed by atoms with van der Waals surface area (Å²) in [6.45, 7) is 20.2. The predicted octanol–water partition coefficient (Wildman–Crippen LogP) is 11.9. The van der Waals surface area contributed by atoms with Crippen LogP contribution >= 0.6 is 0 Å². The minimum atomic E-state index is 0. The molecular weight excluding hydrogens is 749 g/mol. The van der Waals surface area contributed by atoms with Gasteiger partial charge in [-0.15, -0.1) is 35.4 Å². The van der Waals surface area contributed by atoms with E-state index in [2.05, 4.69) is 170 Å². The van der Waals surface area contributed by atoms with Crippen LogP contribution in [-0.4, -0.2) is 9.55 Å².